The molecule has 0 fully saturated rings. The van der Waals surface area contributed by atoms with Gasteiger partial charge in [-0.1, -0.05) is 6.07 Å². The highest BCUT2D eigenvalue weighted by atomic mass is 79.9. The molecule has 1 aromatic carbocycles. The summed E-state index contributed by atoms with van der Waals surface area (Å²) in [5.74, 6) is 0.248. The van der Waals surface area contributed by atoms with Crippen molar-refractivity contribution in [3.8, 4) is 11.5 Å². The maximum Gasteiger partial charge on any atom is 0.259 e. The number of amides is 1. The second-order valence-electron chi connectivity index (χ2n) is 6.70. The highest BCUT2D eigenvalue weighted by Crippen LogP contribution is 2.24. The van der Waals surface area contributed by atoms with Crippen molar-refractivity contribution in [2.75, 3.05) is 5.32 Å². The van der Waals surface area contributed by atoms with E-state index in [9.17, 15) is 4.79 Å². The van der Waals surface area contributed by atoms with Crippen LogP contribution in [-0.4, -0.2) is 40.6 Å². The lowest BCUT2D eigenvalue weighted by molar-refractivity contribution is 0.102. The number of hydrogen-bond donors (Lipinski definition) is 1. The van der Waals surface area contributed by atoms with Crippen LogP contribution >= 0.6 is 15.9 Å². The number of hydrogen-bond acceptors (Lipinski definition) is 6. The summed E-state index contributed by atoms with van der Waals surface area (Å²) in [7, 11) is 0. The van der Waals surface area contributed by atoms with Crippen LogP contribution in [0, 0.1) is 6.92 Å². The van der Waals surface area contributed by atoms with Crippen LogP contribution in [-0.2, 0) is 0 Å². The van der Waals surface area contributed by atoms with Gasteiger partial charge < -0.3 is 5.32 Å². The number of carbonyl (C=O) groups excluding carboxylic acids is 1. The summed E-state index contributed by atoms with van der Waals surface area (Å²) in [6, 6.07) is 11.4. The van der Waals surface area contributed by atoms with Gasteiger partial charge in [-0.15, -0.1) is 4.80 Å². The zero-order valence-corrected chi connectivity index (χ0v) is 17.9. The van der Waals surface area contributed by atoms with Gasteiger partial charge in [-0.3, -0.25) is 9.78 Å². The van der Waals surface area contributed by atoms with Crippen LogP contribution in [0.3, 0.4) is 0 Å². The number of carbonyl (C=O) groups is 1. The third kappa shape index (κ3) is 3.46. The van der Waals surface area contributed by atoms with Crippen LogP contribution in [0.1, 0.15) is 16.1 Å². The minimum absolute atomic E-state index is 0.277. The van der Waals surface area contributed by atoms with Gasteiger partial charge in [0.05, 0.1) is 57.4 Å². The zero-order valence-electron chi connectivity index (χ0n) is 16.3. The van der Waals surface area contributed by atoms with Crippen LogP contribution in [0.2, 0.25) is 0 Å². The maximum atomic E-state index is 12.9. The monoisotopic (exact) mass is 474 g/mol. The van der Waals surface area contributed by atoms with E-state index in [0.717, 1.165) is 22.3 Å². The topological polar surface area (TPSA) is 103 Å². The van der Waals surface area contributed by atoms with Crippen molar-refractivity contribution in [2.45, 2.75) is 6.92 Å². The summed E-state index contributed by atoms with van der Waals surface area (Å²) in [6.07, 6.45) is 8.00. The van der Waals surface area contributed by atoms with E-state index in [2.05, 4.69) is 46.5 Å². The largest absolute Gasteiger partial charge is 0.320 e. The van der Waals surface area contributed by atoms with E-state index in [-0.39, 0.29) is 5.91 Å². The fourth-order valence-electron chi connectivity index (χ4n) is 3.32. The normalized spacial score (nSPS) is 11.0. The van der Waals surface area contributed by atoms with Gasteiger partial charge >= 0.3 is 0 Å². The molecule has 0 atom stereocenters. The number of halogens is 1. The van der Waals surface area contributed by atoms with Gasteiger partial charge in [0, 0.05) is 11.6 Å². The molecule has 0 saturated heterocycles. The maximum absolute atomic E-state index is 12.9. The van der Waals surface area contributed by atoms with Gasteiger partial charge in [-0.2, -0.15) is 15.3 Å². The molecule has 0 spiro atoms. The average Bonchev–Trinajstić information content (AvgIpc) is 3.43. The first-order valence-corrected chi connectivity index (χ1v) is 10.1. The first-order valence-electron chi connectivity index (χ1n) is 9.34. The molecule has 5 aromatic rings. The molecule has 9 nitrogen and oxygen atoms in total. The molecule has 0 radical (unpaired) electrons. The molecule has 10 heteroatoms. The molecule has 31 heavy (non-hydrogen) atoms. The molecule has 4 heterocycles. The fraction of sp³-hybridized carbons (Fsp3) is 0.0476. The molecule has 1 amide bonds. The Hall–Kier alpha value is -3.92. The lowest BCUT2D eigenvalue weighted by Gasteiger charge is -2.09. The Labute approximate surface area is 184 Å². The van der Waals surface area contributed by atoms with E-state index in [0.29, 0.717) is 21.5 Å². The Morgan fingerprint density at radius 1 is 1.00 bits per heavy atom. The number of aromatic nitrogens is 7. The summed E-state index contributed by atoms with van der Waals surface area (Å²) in [4.78, 5) is 23.0. The van der Waals surface area contributed by atoms with E-state index in [4.69, 9.17) is 0 Å². The van der Waals surface area contributed by atoms with E-state index in [1.54, 1.807) is 41.7 Å². The lowest BCUT2D eigenvalue weighted by Crippen LogP contribution is -2.14. The van der Waals surface area contributed by atoms with E-state index >= 15 is 0 Å². The quantitative estimate of drug-likeness (QED) is 0.425. The Kier molecular flexibility index (Phi) is 4.75. The number of rotatable bonds is 4. The van der Waals surface area contributed by atoms with Gasteiger partial charge in [-0.05, 0) is 53.2 Å². The standard InChI is InChI=1S/C21H15BrN8O/c1-13-16(12-27-29(13)19-6-2-5-18-15(19)4-3-7-23-18)21(31)28-14-10-17(22)20(24-11-14)30-25-8-9-26-30/h2-12H,1H3,(H,28,31). The molecule has 4 aromatic heterocycles. The molecular formula is C21H15BrN8O. The Morgan fingerprint density at radius 3 is 2.65 bits per heavy atom. The van der Waals surface area contributed by atoms with Gasteiger partial charge in [0.2, 0.25) is 0 Å². The van der Waals surface area contributed by atoms with Gasteiger partial charge in [0.15, 0.2) is 5.82 Å². The smallest absolute Gasteiger partial charge is 0.259 e. The minimum Gasteiger partial charge on any atom is -0.320 e. The molecule has 152 valence electrons. The molecule has 0 unspecified atom stereocenters. The second kappa shape index (κ2) is 7.73. The summed E-state index contributed by atoms with van der Waals surface area (Å²) in [5, 5.41) is 16.4. The summed E-state index contributed by atoms with van der Waals surface area (Å²) in [6.45, 7) is 1.86. The van der Waals surface area contributed by atoms with Crippen LogP contribution < -0.4 is 5.32 Å². The highest BCUT2D eigenvalue weighted by molar-refractivity contribution is 9.10. The molecule has 5 rings (SSSR count). The van der Waals surface area contributed by atoms with E-state index in [1.165, 1.54) is 4.80 Å². The lowest BCUT2D eigenvalue weighted by atomic mass is 10.1. The molecule has 0 aliphatic rings. The van der Waals surface area contributed by atoms with Crippen molar-refractivity contribution in [1.29, 1.82) is 0 Å². The molecule has 0 saturated carbocycles. The number of fused-ring (bicyclic) bond motifs is 1. The van der Waals surface area contributed by atoms with E-state index in [1.807, 2.05) is 37.3 Å². The van der Waals surface area contributed by atoms with Crippen LogP contribution in [0.15, 0.2) is 71.9 Å². The van der Waals surface area contributed by atoms with E-state index < -0.39 is 0 Å². The predicted molar refractivity (Wildman–Crippen MR) is 118 cm³/mol. The number of pyridine rings is 2. The van der Waals surface area contributed by atoms with Crippen molar-refractivity contribution in [3.63, 3.8) is 0 Å². The van der Waals surface area contributed by atoms with Crippen molar-refractivity contribution in [2.24, 2.45) is 0 Å². The van der Waals surface area contributed by atoms with Gasteiger partial charge in [0.25, 0.3) is 5.91 Å². The Balaban J connectivity index is 1.44. The number of benzene rings is 1. The van der Waals surface area contributed by atoms with Crippen LogP contribution in [0.5, 0.6) is 0 Å². The number of nitrogens with one attached hydrogen (secondary N) is 1. The fourth-order valence-corrected chi connectivity index (χ4v) is 3.82. The Bertz CT molecular complexity index is 1410. The van der Waals surface area contributed by atoms with Crippen molar-refractivity contribution >= 4 is 38.4 Å². The van der Waals surface area contributed by atoms with Gasteiger partial charge in [0.1, 0.15) is 0 Å². The van der Waals surface area contributed by atoms with Crippen molar-refractivity contribution < 1.29 is 4.79 Å². The number of anilines is 1. The predicted octanol–water partition coefficient (Wildman–Crippen LogP) is 3.72. The summed E-state index contributed by atoms with van der Waals surface area (Å²) in [5.41, 5.74) is 3.45. The number of nitrogens with zero attached hydrogens (tertiary/aromatic N) is 7. The average molecular weight is 475 g/mol. The SMILES string of the molecule is Cc1c(C(=O)Nc2cnc(-n3nccn3)c(Br)c2)cnn1-c1cccc2ncccc12. The molecular weight excluding hydrogens is 460 g/mol. The van der Waals surface area contributed by atoms with Crippen molar-refractivity contribution in [1.82, 2.24) is 34.7 Å². The first-order chi connectivity index (χ1) is 15.1. The summed E-state index contributed by atoms with van der Waals surface area (Å²) >= 11 is 3.45. The second-order valence-corrected chi connectivity index (χ2v) is 7.56. The van der Waals surface area contributed by atoms with Crippen LogP contribution in [0.4, 0.5) is 5.69 Å². The molecule has 0 aliphatic heterocycles. The third-order valence-electron chi connectivity index (χ3n) is 4.79. The molecule has 1 N–H and O–H groups in total. The van der Waals surface area contributed by atoms with Crippen LogP contribution in [0.25, 0.3) is 22.4 Å². The third-order valence-corrected chi connectivity index (χ3v) is 5.38. The van der Waals surface area contributed by atoms with Gasteiger partial charge in [-0.25, -0.2) is 9.67 Å². The Morgan fingerprint density at radius 2 is 1.84 bits per heavy atom. The zero-order chi connectivity index (χ0) is 21.4. The molecule has 0 aliphatic carbocycles. The van der Waals surface area contributed by atoms with Crippen molar-refractivity contribution in [3.05, 3.63) is 83.1 Å². The summed E-state index contributed by atoms with van der Waals surface area (Å²) < 4.78 is 2.40. The minimum atomic E-state index is -0.277. The highest BCUT2D eigenvalue weighted by Gasteiger charge is 2.17. The molecule has 0 bridgehead atoms. The first kappa shape index (κ1) is 19.1.